The Morgan fingerprint density at radius 3 is 2.78 bits per heavy atom. The number of fused-ring (bicyclic) bond motifs is 1. The van der Waals surface area contributed by atoms with Crippen LogP contribution in [-0.2, 0) is 9.53 Å². The SMILES string of the molecule is CCC(C)OC(=O)CSc1nncn1-c1ccc(C2CC2)c2ccccc12. The number of rotatable bonds is 7. The Bertz CT molecular complexity index is 965. The molecule has 1 atom stereocenters. The van der Waals surface area contributed by atoms with Gasteiger partial charge in [0.05, 0.1) is 17.5 Å². The molecule has 1 aliphatic carbocycles. The molecule has 0 spiro atoms. The Hall–Kier alpha value is -2.34. The van der Waals surface area contributed by atoms with E-state index in [1.165, 1.54) is 40.9 Å². The van der Waals surface area contributed by atoms with Gasteiger partial charge in [0.2, 0.25) is 0 Å². The fourth-order valence-electron chi connectivity index (χ4n) is 3.22. The van der Waals surface area contributed by atoms with Gasteiger partial charge >= 0.3 is 5.97 Å². The fourth-order valence-corrected chi connectivity index (χ4v) is 3.92. The van der Waals surface area contributed by atoms with Crippen molar-refractivity contribution in [2.45, 2.75) is 50.3 Å². The molecule has 6 heteroatoms. The van der Waals surface area contributed by atoms with Gasteiger partial charge in [-0.15, -0.1) is 10.2 Å². The van der Waals surface area contributed by atoms with E-state index in [0.29, 0.717) is 11.1 Å². The summed E-state index contributed by atoms with van der Waals surface area (Å²) in [5.74, 6) is 0.688. The summed E-state index contributed by atoms with van der Waals surface area (Å²) in [6, 6.07) is 12.8. The predicted octanol–water partition coefficient (Wildman–Crippen LogP) is 4.73. The Morgan fingerprint density at radius 1 is 1.26 bits per heavy atom. The highest BCUT2D eigenvalue weighted by molar-refractivity contribution is 7.99. The van der Waals surface area contributed by atoms with Crippen molar-refractivity contribution in [2.24, 2.45) is 0 Å². The molecule has 1 aromatic heterocycles. The lowest BCUT2D eigenvalue weighted by molar-refractivity contribution is -0.144. The number of hydrogen-bond acceptors (Lipinski definition) is 5. The monoisotopic (exact) mass is 381 g/mol. The van der Waals surface area contributed by atoms with Crippen molar-refractivity contribution < 1.29 is 9.53 Å². The molecular weight excluding hydrogens is 358 g/mol. The van der Waals surface area contributed by atoms with E-state index in [1.807, 2.05) is 18.4 Å². The van der Waals surface area contributed by atoms with Gasteiger partial charge in [0, 0.05) is 5.39 Å². The van der Waals surface area contributed by atoms with E-state index in [-0.39, 0.29) is 17.8 Å². The van der Waals surface area contributed by atoms with Crippen LogP contribution >= 0.6 is 11.8 Å². The molecule has 2 aromatic carbocycles. The number of benzene rings is 2. The summed E-state index contributed by atoms with van der Waals surface area (Å²) in [5.41, 5.74) is 2.46. The summed E-state index contributed by atoms with van der Waals surface area (Å²) in [6.45, 7) is 3.90. The van der Waals surface area contributed by atoms with Crippen LogP contribution < -0.4 is 0 Å². The molecule has 1 heterocycles. The number of thioether (sulfide) groups is 1. The molecule has 0 radical (unpaired) electrons. The van der Waals surface area contributed by atoms with E-state index >= 15 is 0 Å². The van der Waals surface area contributed by atoms with Crippen LogP contribution in [-0.4, -0.2) is 32.6 Å². The molecule has 4 rings (SSSR count). The van der Waals surface area contributed by atoms with Gasteiger partial charge in [-0.3, -0.25) is 9.36 Å². The van der Waals surface area contributed by atoms with Crippen LogP contribution in [0.4, 0.5) is 0 Å². The minimum absolute atomic E-state index is 0.0603. The second-order valence-electron chi connectivity index (χ2n) is 6.97. The molecule has 1 unspecified atom stereocenters. The van der Waals surface area contributed by atoms with E-state index in [4.69, 9.17) is 4.74 Å². The molecule has 1 saturated carbocycles. The average molecular weight is 382 g/mol. The average Bonchev–Trinajstić information content (AvgIpc) is 3.43. The van der Waals surface area contributed by atoms with Crippen LogP contribution in [0.3, 0.4) is 0 Å². The van der Waals surface area contributed by atoms with Crippen LogP contribution in [0.2, 0.25) is 0 Å². The van der Waals surface area contributed by atoms with Crippen molar-refractivity contribution in [3.63, 3.8) is 0 Å². The lowest BCUT2D eigenvalue weighted by Crippen LogP contribution is -2.15. The van der Waals surface area contributed by atoms with Gasteiger partial charge in [0.25, 0.3) is 0 Å². The van der Waals surface area contributed by atoms with E-state index < -0.39 is 0 Å². The summed E-state index contributed by atoms with van der Waals surface area (Å²) >= 11 is 1.36. The number of nitrogens with zero attached hydrogens (tertiary/aromatic N) is 3. The number of ether oxygens (including phenoxy) is 1. The minimum atomic E-state index is -0.224. The van der Waals surface area contributed by atoms with E-state index in [9.17, 15) is 4.79 Å². The van der Waals surface area contributed by atoms with Crippen LogP contribution in [0.1, 0.15) is 44.6 Å². The number of esters is 1. The minimum Gasteiger partial charge on any atom is -0.462 e. The molecule has 0 amide bonds. The molecule has 3 aromatic rings. The molecule has 0 aliphatic heterocycles. The molecule has 1 fully saturated rings. The largest absolute Gasteiger partial charge is 0.462 e. The van der Waals surface area contributed by atoms with Gasteiger partial charge in [0.1, 0.15) is 6.33 Å². The highest BCUT2D eigenvalue weighted by Gasteiger charge is 2.26. The third-order valence-electron chi connectivity index (χ3n) is 4.95. The Morgan fingerprint density at radius 2 is 2.04 bits per heavy atom. The van der Waals surface area contributed by atoms with Crippen molar-refractivity contribution in [2.75, 3.05) is 5.75 Å². The quantitative estimate of drug-likeness (QED) is 0.437. The third kappa shape index (κ3) is 3.86. The van der Waals surface area contributed by atoms with Crippen LogP contribution in [0.5, 0.6) is 0 Å². The van der Waals surface area contributed by atoms with Gasteiger partial charge in [0.15, 0.2) is 5.16 Å². The van der Waals surface area contributed by atoms with Gasteiger partial charge < -0.3 is 4.74 Å². The van der Waals surface area contributed by atoms with Crippen molar-refractivity contribution >= 4 is 28.5 Å². The Kier molecular flexibility index (Phi) is 5.16. The molecular formula is C21H23N3O2S. The van der Waals surface area contributed by atoms with Crippen molar-refractivity contribution in [1.82, 2.24) is 14.8 Å². The summed E-state index contributed by atoms with van der Waals surface area (Å²) in [7, 11) is 0. The molecule has 0 saturated heterocycles. The molecule has 140 valence electrons. The van der Waals surface area contributed by atoms with Gasteiger partial charge in [-0.1, -0.05) is 49.0 Å². The Balaban J connectivity index is 1.61. The summed E-state index contributed by atoms with van der Waals surface area (Å²) in [5, 5.41) is 11.4. The number of hydrogen-bond donors (Lipinski definition) is 0. The smallest absolute Gasteiger partial charge is 0.316 e. The molecule has 1 aliphatic rings. The topological polar surface area (TPSA) is 57.0 Å². The van der Waals surface area contributed by atoms with Crippen molar-refractivity contribution in [3.05, 3.63) is 48.3 Å². The molecule has 27 heavy (non-hydrogen) atoms. The fraction of sp³-hybridized carbons (Fsp3) is 0.381. The lowest BCUT2D eigenvalue weighted by atomic mass is 9.99. The highest BCUT2D eigenvalue weighted by atomic mass is 32.2. The maximum absolute atomic E-state index is 12.0. The number of carbonyl (C=O) groups excluding carboxylic acids is 1. The third-order valence-corrected chi connectivity index (χ3v) is 5.87. The summed E-state index contributed by atoms with van der Waals surface area (Å²) in [6.07, 6.45) is 5.01. The van der Waals surface area contributed by atoms with Gasteiger partial charge in [-0.25, -0.2) is 0 Å². The van der Waals surface area contributed by atoms with Crippen LogP contribution in [0.15, 0.2) is 47.9 Å². The van der Waals surface area contributed by atoms with E-state index in [0.717, 1.165) is 12.1 Å². The maximum Gasteiger partial charge on any atom is 0.316 e. The summed E-state index contributed by atoms with van der Waals surface area (Å²) < 4.78 is 7.30. The first-order valence-electron chi connectivity index (χ1n) is 9.41. The first-order chi connectivity index (χ1) is 13.2. The highest BCUT2D eigenvalue weighted by Crippen LogP contribution is 2.44. The molecule has 0 N–H and O–H groups in total. The zero-order chi connectivity index (χ0) is 18.8. The Labute approximate surface area is 163 Å². The molecule has 5 nitrogen and oxygen atoms in total. The zero-order valence-electron chi connectivity index (χ0n) is 15.6. The number of aromatic nitrogens is 3. The second kappa shape index (κ2) is 7.72. The van der Waals surface area contributed by atoms with Crippen LogP contribution in [0, 0.1) is 0 Å². The first-order valence-corrected chi connectivity index (χ1v) is 10.4. The van der Waals surface area contributed by atoms with E-state index in [2.05, 4.69) is 46.6 Å². The van der Waals surface area contributed by atoms with Crippen LogP contribution in [0.25, 0.3) is 16.5 Å². The van der Waals surface area contributed by atoms with E-state index in [1.54, 1.807) is 6.33 Å². The standard InChI is InChI=1S/C21H23N3O2S/c1-3-14(2)26-20(25)12-27-21-23-22-13-24(21)19-11-10-16(15-8-9-15)17-6-4-5-7-18(17)19/h4-7,10-11,13-15H,3,8-9,12H2,1-2H3. The van der Waals surface area contributed by atoms with Gasteiger partial charge in [-0.2, -0.15) is 0 Å². The normalized spacial score (nSPS) is 15.0. The van der Waals surface area contributed by atoms with Crippen molar-refractivity contribution in [3.8, 4) is 5.69 Å². The van der Waals surface area contributed by atoms with Crippen molar-refractivity contribution in [1.29, 1.82) is 0 Å². The predicted molar refractivity (Wildman–Crippen MR) is 107 cm³/mol. The summed E-state index contributed by atoms with van der Waals surface area (Å²) in [4.78, 5) is 12.0. The zero-order valence-corrected chi connectivity index (χ0v) is 16.4. The van der Waals surface area contributed by atoms with Gasteiger partial charge in [-0.05, 0) is 49.1 Å². The number of carbonyl (C=O) groups is 1. The first kappa shape index (κ1) is 18.0. The molecule has 0 bridgehead atoms. The lowest BCUT2D eigenvalue weighted by Gasteiger charge is -2.13. The maximum atomic E-state index is 12.0. The second-order valence-corrected chi connectivity index (χ2v) is 7.92.